The number of halogens is 1. The first-order valence-electron chi connectivity index (χ1n) is 7.49. The molecule has 0 saturated carbocycles. The zero-order chi connectivity index (χ0) is 15.4. The molecule has 2 heterocycles. The maximum Gasteiger partial charge on any atom is 0.138 e. The van der Waals surface area contributed by atoms with Crippen LogP contribution in [-0.2, 0) is 6.54 Å². The summed E-state index contributed by atoms with van der Waals surface area (Å²) in [5, 5.41) is 3.59. The van der Waals surface area contributed by atoms with E-state index in [4.69, 9.17) is 9.47 Å². The SMILES string of the molecule is CCOc1cncc(CNC2CCOc3c(Br)cccc32)c1. The molecule has 2 aromatic rings. The molecule has 1 aliphatic heterocycles. The predicted molar refractivity (Wildman–Crippen MR) is 89.2 cm³/mol. The third kappa shape index (κ3) is 3.42. The van der Waals surface area contributed by atoms with Gasteiger partial charge in [0.1, 0.15) is 11.5 Å². The standard InChI is InChI=1S/C17H19BrN2O2/c1-2-21-13-8-12(9-19-11-13)10-20-16-6-7-22-17-14(16)4-3-5-15(17)18/h3-5,8-9,11,16,20H,2,6-7,10H2,1H3. The monoisotopic (exact) mass is 362 g/mol. The summed E-state index contributed by atoms with van der Waals surface area (Å²) in [6, 6.07) is 8.49. The summed E-state index contributed by atoms with van der Waals surface area (Å²) >= 11 is 3.55. The minimum absolute atomic E-state index is 0.289. The molecule has 1 aromatic heterocycles. The molecule has 1 unspecified atom stereocenters. The van der Waals surface area contributed by atoms with Gasteiger partial charge >= 0.3 is 0 Å². The summed E-state index contributed by atoms with van der Waals surface area (Å²) in [5.41, 5.74) is 2.32. The molecule has 1 atom stereocenters. The Labute approximate surface area is 139 Å². The summed E-state index contributed by atoms with van der Waals surface area (Å²) in [4.78, 5) is 4.23. The molecule has 3 rings (SSSR count). The first-order chi connectivity index (χ1) is 10.8. The number of benzene rings is 1. The Balaban J connectivity index is 1.70. The number of para-hydroxylation sites is 1. The van der Waals surface area contributed by atoms with Gasteiger partial charge in [0.15, 0.2) is 0 Å². The van der Waals surface area contributed by atoms with Gasteiger partial charge < -0.3 is 14.8 Å². The highest BCUT2D eigenvalue weighted by molar-refractivity contribution is 9.10. The van der Waals surface area contributed by atoms with E-state index in [-0.39, 0.29) is 6.04 Å². The minimum atomic E-state index is 0.289. The van der Waals surface area contributed by atoms with Crippen LogP contribution in [-0.4, -0.2) is 18.2 Å². The molecule has 5 heteroatoms. The van der Waals surface area contributed by atoms with Gasteiger partial charge in [0, 0.05) is 30.8 Å². The second-order valence-corrected chi connectivity index (χ2v) is 6.05. The number of hydrogen-bond acceptors (Lipinski definition) is 4. The highest BCUT2D eigenvalue weighted by Crippen LogP contribution is 2.37. The molecule has 22 heavy (non-hydrogen) atoms. The molecule has 116 valence electrons. The number of fused-ring (bicyclic) bond motifs is 1. The van der Waals surface area contributed by atoms with Gasteiger partial charge in [-0.15, -0.1) is 0 Å². The van der Waals surface area contributed by atoms with E-state index in [9.17, 15) is 0 Å². The van der Waals surface area contributed by atoms with E-state index in [1.54, 1.807) is 6.20 Å². The Bertz CT molecular complexity index is 648. The van der Waals surface area contributed by atoms with E-state index in [0.29, 0.717) is 6.61 Å². The van der Waals surface area contributed by atoms with Crippen molar-refractivity contribution in [3.05, 3.63) is 52.3 Å². The van der Waals surface area contributed by atoms with Crippen LogP contribution < -0.4 is 14.8 Å². The second kappa shape index (κ2) is 7.11. The summed E-state index contributed by atoms with van der Waals surface area (Å²) in [5.74, 6) is 1.77. The Hall–Kier alpha value is -1.59. The predicted octanol–water partition coefficient (Wildman–Crippen LogP) is 3.86. The first-order valence-corrected chi connectivity index (χ1v) is 8.28. The Morgan fingerprint density at radius 2 is 2.32 bits per heavy atom. The highest BCUT2D eigenvalue weighted by atomic mass is 79.9. The maximum absolute atomic E-state index is 5.77. The lowest BCUT2D eigenvalue weighted by Gasteiger charge is -2.27. The van der Waals surface area contributed by atoms with Crippen LogP contribution in [0.5, 0.6) is 11.5 Å². The molecule has 0 aliphatic carbocycles. The second-order valence-electron chi connectivity index (χ2n) is 5.19. The van der Waals surface area contributed by atoms with Crippen LogP contribution in [0.4, 0.5) is 0 Å². The van der Waals surface area contributed by atoms with E-state index in [2.05, 4.69) is 32.3 Å². The van der Waals surface area contributed by atoms with Crippen molar-refractivity contribution in [2.45, 2.75) is 25.9 Å². The van der Waals surface area contributed by atoms with Crippen molar-refractivity contribution >= 4 is 15.9 Å². The summed E-state index contributed by atoms with van der Waals surface area (Å²) in [6.45, 7) is 4.11. The van der Waals surface area contributed by atoms with Gasteiger partial charge in [-0.25, -0.2) is 0 Å². The molecule has 0 fully saturated rings. The van der Waals surface area contributed by atoms with E-state index >= 15 is 0 Å². The average Bonchev–Trinajstić information content (AvgIpc) is 2.54. The number of rotatable bonds is 5. The first kappa shape index (κ1) is 15.3. The molecule has 0 radical (unpaired) electrons. The fourth-order valence-corrected chi connectivity index (χ4v) is 3.14. The van der Waals surface area contributed by atoms with Gasteiger partial charge in [-0.3, -0.25) is 4.98 Å². The van der Waals surface area contributed by atoms with Crippen LogP contribution in [0.15, 0.2) is 41.1 Å². The average molecular weight is 363 g/mol. The Kier molecular flexibility index (Phi) is 4.95. The lowest BCUT2D eigenvalue weighted by molar-refractivity contribution is 0.250. The van der Waals surface area contributed by atoms with Crippen LogP contribution in [0.1, 0.15) is 30.5 Å². The van der Waals surface area contributed by atoms with E-state index in [0.717, 1.165) is 41.1 Å². The zero-order valence-electron chi connectivity index (χ0n) is 12.5. The molecule has 0 bridgehead atoms. The molecule has 0 spiro atoms. The largest absolute Gasteiger partial charge is 0.492 e. The quantitative estimate of drug-likeness (QED) is 0.876. The molecule has 1 N–H and O–H groups in total. The third-order valence-electron chi connectivity index (χ3n) is 3.66. The van der Waals surface area contributed by atoms with Crippen molar-refractivity contribution in [3.8, 4) is 11.5 Å². The van der Waals surface area contributed by atoms with Crippen LogP contribution >= 0.6 is 15.9 Å². The topological polar surface area (TPSA) is 43.4 Å². The van der Waals surface area contributed by atoms with Gasteiger partial charge in [-0.05, 0) is 40.5 Å². The number of nitrogens with one attached hydrogen (secondary N) is 1. The Morgan fingerprint density at radius 1 is 1.41 bits per heavy atom. The summed E-state index contributed by atoms with van der Waals surface area (Å²) < 4.78 is 12.3. The summed E-state index contributed by atoms with van der Waals surface area (Å²) in [7, 11) is 0. The third-order valence-corrected chi connectivity index (χ3v) is 4.28. The zero-order valence-corrected chi connectivity index (χ0v) is 14.1. The lowest BCUT2D eigenvalue weighted by atomic mass is 10.0. The maximum atomic E-state index is 5.77. The van der Waals surface area contributed by atoms with Crippen LogP contribution in [0.3, 0.4) is 0 Å². The number of ether oxygens (including phenoxy) is 2. The van der Waals surface area contributed by atoms with Crippen LogP contribution in [0.25, 0.3) is 0 Å². The smallest absolute Gasteiger partial charge is 0.138 e. The van der Waals surface area contributed by atoms with E-state index in [1.807, 2.05) is 31.3 Å². The number of nitrogens with zero attached hydrogens (tertiary/aromatic N) is 1. The van der Waals surface area contributed by atoms with Crippen molar-refractivity contribution < 1.29 is 9.47 Å². The number of pyridine rings is 1. The van der Waals surface area contributed by atoms with Gasteiger partial charge in [-0.1, -0.05) is 12.1 Å². The minimum Gasteiger partial charge on any atom is -0.492 e. The van der Waals surface area contributed by atoms with Gasteiger partial charge in [0.25, 0.3) is 0 Å². The van der Waals surface area contributed by atoms with E-state index < -0.39 is 0 Å². The fourth-order valence-electron chi connectivity index (χ4n) is 2.65. The molecular weight excluding hydrogens is 344 g/mol. The van der Waals surface area contributed by atoms with Crippen LogP contribution in [0.2, 0.25) is 0 Å². The lowest BCUT2D eigenvalue weighted by Crippen LogP contribution is -2.27. The van der Waals surface area contributed by atoms with Gasteiger partial charge in [0.05, 0.1) is 23.9 Å². The molecular formula is C17H19BrN2O2. The Morgan fingerprint density at radius 3 is 3.18 bits per heavy atom. The molecule has 1 aliphatic rings. The van der Waals surface area contributed by atoms with E-state index in [1.165, 1.54) is 5.56 Å². The fraction of sp³-hybridized carbons (Fsp3) is 0.353. The normalized spacial score (nSPS) is 16.7. The highest BCUT2D eigenvalue weighted by Gasteiger charge is 2.22. The number of hydrogen-bond donors (Lipinski definition) is 1. The van der Waals surface area contributed by atoms with Crippen molar-refractivity contribution in [2.24, 2.45) is 0 Å². The van der Waals surface area contributed by atoms with Gasteiger partial charge in [-0.2, -0.15) is 0 Å². The molecule has 4 nitrogen and oxygen atoms in total. The van der Waals surface area contributed by atoms with Crippen molar-refractivity contribution in [3.63, 3.8) is 0 Å². The van der Waals surface area contributed by atoms with Crippen LogP contribution in [0, 0.1) is 0 Å². The van der Waals surface area contributed by atoms with Crippen molar-refractivity contribution in [2.75, 3.05) is 13.2 Å². The van der Waals surface area contributed by atoms with Crippen molar-refractivity contribution in [1.29, 1.82) is 0 Å². The van der Waals surface area contributed by atoms with Crippen molar-refractivity contribution in [1.82, 2.24) is 10.3 Å². The molecule has 0 saturated heterocycles. The summed E-state index contributed by atoms with van der Waals surface area (Å²) in [6.07, 6.45) is 4.58. The van der Waals surface area contributed by atoms with Gasteiger partial charge in [0.2, 0.25) is 0 Å². The molecule has 0 amide bonds. The number of aromatic nitrogens is 1. The molecule has 1 aromatic carbocycles.